The molecular weight excluding hydrogens is 363 g/mol. The molecule has 3 amide bonds. The lowest BCUT2D eigenvalue weighted by Crippen LogP contribution is -2.71. The fourth-order valence-electron chi connectivity index (χ4n) is 2.55. The van der Waals surface area contributed by atoms with E-state index in [1.165, 1.54) is 12.0 Å². The first-order valence-corrected chi connectivity index (χ1v) is 7.69. The number of benzene rings is 1. The molecule has 1 heterocycles. The summed E-state index contributed by atoms with van der Waals surface area (Å²) < 4.78 is 44.7. The number of hydrogen-bond donors (Lipinski definition) is 2. The second-order valence-electron chi connectivity index (χ2n) is 5.71. The van der Waals surface area contributed by atoms with Crippen LogP contribution in [0.3, 0.4) is 0 Å². The molecule has 138 valence electrons. The fraction of sp³-hybridized carbons (Fsp3) is 0.467. The minimum absolute atomic E-state index is 0.0327. The molecule has 1 aliphatic heterocycles. The molecule has 1 atom stereocenters. The van der Waals surface area contributed by atoms with Crippen LogP contribution < -0.4 is 11.1 Å². The van der Waals surface area contributed by atoms with Crippen LogP contribution in [0.1, 0.15) is 11.5 Å². The maximum Gasteiger partial charge on any atom is 0.317 e. The van der Waals surface area contributed by atoms with E-state index in [-0.39, 0.29) is 23.7 Å². The van der Waals surface area contributed by atoms with Gasteiger partial charge in [-0.1, -0.05) is 17.7 Å². The number of nitrogens with zero attached hydrogens (tertiary/aromatic N) is 1. The molecule has 25 heavy (non-hydrogen) atoms. The number of rotatable bonds is 6. The highest BCUT2D eigenvalue weighted by Gasteiger charge is 2.50. The first-order valence-electron chi connectivity index (χ1n) is 7.31. The topological polar surface area (TPSA) is 84.7 Å². The number of methoxy groups -OCH3 is 1. The van der Waals surface area contributed by atoms with E-state index in [2.05, 4.69) is 5.32 Å². The molecule has 0 aromatic heterocycles. The maximum absolute atomic E-state index is 13.3. The number of urea groups is 1. The molecule has 6 nitrogen and oxygen atoms in total. The molecule has 1 aliphatic rings. The SMILES string of the molecule is COC1(C(N)=O)CN(C(=O)NCC(c2ccc(F)cc2Cl)C(F)F)C1. The second-order valence-corrected chi connectivity index (χ2v) is 6.12. The number of carbonyl (C=O) groups excluding carboxylic acids is 2. The van der Waals surface area contributed by atoms with Crippen LogP contribution >= 0.6 is 11.6 Å². The van der Waals surface area contributed by atoms with Gasteiger partial charge in [-0.05, 0) is 17.7 Å². The number of ether oxygens (including phenoxy) is 1. The maximum atomic E-state index is 13.3. The Morgan fingerprint density at radius 1 is 1.44 bits per heavy atom. The van der Waals surface area contributed by atoms with E-state index in [0.29, 0.717) is 0 Å². The van der Waals surface area contributed by atoms with E-state index in [1.54, 1.807) is 0 Å². The van der Waals surface area contributed by atoms with E-state index in [9.17, 15) is 22.8 Å². The van der Waals surface area contributed by atoms with Crippen LogP contribution in [0.25, 0.3) is 0 Å². The van der Waals surface area contributed by atoms with Gasteiger partial charge in [0.2, 0.25) is 6.43 Å². The Kier molecular flexibility index (Phi) is 5.79. The Balaban J connectivity index is 1.98. The molecule has 1 unspecified atom stereocenters. The Morgan fingerprint density at radius 2 is 2.08 bits per heavy atom. The van der Waals surface area contributed by atoms with Crippen molar-refractivity contribution in [3.8, 4) is 0 Å². The quantitative estimate of drug-likeness (QED) is 0.789. The molecular formula is C15H17ClF3N3O3. The number of nitrogens with one attached hydrogen (secondary N) is 1. The van der Waals surface area contributed by atoms with E-state index >= 15 is 0 Å². The largest absolute Gasteiger partial charge is 0.367 e. The fourth-order valence-corrected chi connectivity index (χ4v) is 2.85. The lowest BCUT2D eigenvalue weighted by Gasteiger charge is -2.46. The van der Waals surface area contributed by atoms with Crippen molar-refractivity contribution in [1.29, 1.82) is 0 Å². The van der Waals surface area contributed by atoms with Gasteiger partial charge in [-0.3, -0.25) is 4.79 Å². The van der Waals surface area contributed by atoms with E-state index in [1.807, 2.05) is 0 Å². The Labute approximate surface area is 147 Å². The van der Waals surface area contributed by atoms with Crippen LogP contribution in [0, 0.1) is 5.82 Å². The van der Waals surface area contributed by atoms with Crippen molar-refractivity contribution in [2.24, 2.45) is 5.73 Å². The summed E-state index contributed by atoms with van der Waals surface area (Å²) in [5, 5.41) is 2.21. The number of alkyl halides is 2. The summed E-state index contributed by atoms with van der Waals surface area (Å²) in [6.45, 7) is -0.544. The molecule has 0 aliphatic carbocycles. The number of halogens is 4. The predicted molar refractivity (Wildman–Crippen MR) is 84.1 cm³/mol. The van der Waals surface area contributed by atoms with Crippen LogP contribution in [0.5, 0.6) is 0 Å². The van der Waals surface area contributed by atoms with Gasteiger partial charge < -0.3 is 20.7 Å². The molecule has 0 spiro atoms. The zero-order chi connectivity index (χ0) is 18.8. The summed E-state index contributed by atoms with van der Waals surface area (Å²) in [7, 11) is 1.30. The molecule has 3 N–H and O–H groups in total. The van der Waals surface area contributed by atoms with Gasteiger partial charge in [0.25, 0.3) is 5.91 Å². The number of hydrogen-bond acceptors (Lipinski definition) is 3. The van der Waals surface area contributed by atoms with Crippen molar-refractivity contribution < 1.29 is 27.5 Å². The summed E-state index contributed by atoms with van der Waals surface area (Å²) >= 11 is 5.81. The summed E-state index contributed by atoms with van der Waals surface area (Å²) in [4.78, 5) is 24.5. The summed E-state index contributed by atoms with van der Waals surface area (Å²) in [6.07, 6.45) is -2.82. The molecule has 10 heteroatoms. The minimum Gasteiger partial charge on any atom is -0.367 e. The Morgan fingerprint density at radius 3 is 2.56 bits per heavy atom. The Hall–Kier alpha value is -2.00. The highest BCUT2D eigenvalue weighted by Crippen LogP contribution is 2.30. The molecule has 0 bridgehead atoms. The van der Waals surface area contributed by atoms with Crippen LogP contribution in [0.2, 0.25) is 5.02 Å². The molecule has 1 saturated heterocycles. The molecule has 2 rings (SSSR count). The number of carbonyl (C=O) groups is 2. The molecule has 1 fully saturated rings. The molecule has 0 radical (unpaired) electrons. The third-order valence-electron chi connectivity index (χ3n) is 4.16. The van der Waals surface area contributed by atoms with E-state index < -0.39 is 42.2 Å². The summed E-state index contributed by atoms with van der Waals surface area (Å²) in [6, 6.07) is 2.47. The van der Waals surface area contributed by atoms with Gasteiger partial charge >= 0.3 is 6.03 Å². The van der Waals surface area contributed by atoms with Gasteiger partial charge in [0.15, 0.2) is 5.60 Å². The van der Waals surface area contributed by atoms with E-state index in [0.717, 1.165) is 18.2 Å². The number of likely N-dealkylation sites (tertiary alicyclic amines) is 1. The number of amides is 3. The van der Waals surface area contributed by atoms with Crippen molar-refractivity contribution in [2.75, 3.05) is 26.7 Å². The van der Waals surface area contributed by atoms with Crippen LogP contribution in [0.15, 0.2) is 18.2 Å². The minimum atomic E-state index is -2.82. The van der Waals surface area contributed by atoms with Gasteiger partial charge in [-0.25, -0.2) is 18.0 Å². The van der Waals surface area contributed by atoms with Crippen molar-refractivity contribution in [1.82, 2.24) is 10.2 Å². The molecule has 0 saturated carbocycles. The number of primary amides is 1. The van der Waals surface area contributed by atoms with E-state index in [4.69, 9.17) is 22.1 Å². The first-order chi connectivity index (χ1) is 11.7. The number of nitrogens with two attached hydrogens (primary N) is 1. The lowest BCUT2D eigenvalue weighted by molar-refractivity contribution is -0.157. The summed E-state index contributed by atoms with van der Waals surface area (Å²) in [5.41, 5.74) is 3.99. The smallest absolute Gasteiger partial charge is 0.317 e. The molecule has 1 aromatic rings. The van der Waals surface area contributed by atoms with Crippen molar-refractivity contribution >= 4 is 23.5 Å². The van der Waals surface area contributed by atoms with Crippen LogP contribution in [-0.4, -0.2) is 55.6 Å². The van der Waals surface area contributed by atoms with Crippen molar-refractivity contribution in [3.63, 3.8) is 0 Å². The second kappa shape index (κ2) is 7.49. The Bertz CT molecular complexity index is 669. The lowest BCUT2D eigenvalue weighted by atomic mass is 9.93. The van der Waals surface area contributed by atoms with Gasteiger partial charge in [0, 0.05) is 18.7 Å². The van der Waals surface area contributed by atoms with Crippen LogP contribution in [-0.2, 0) is 9.53 Å². The van der Waals surface area contributed by atoms with Gasteiger partial charge in [0.05, 0.1) is 19.0 Å². The van der Waals surface area contributed by atoms with Crippen LogP contribution in [0.4, 0.5) is 18.0 Å². The normalized spacial score (nSPS) is 17.1. The standard InChI is InChI=1S/C15H17ClF3N3O3/c1-25-15(13(20)23)6-22(7-15)14(24)21-5-10(12(18)19)9-3-2-8(17)4-11(9)16/h2-4,10,12H,5-7H2,1H3,(H2,20,23)(H,21,24). The zero-order valence-corrected chi connectivity index (χ0v) is 14.0. The predicted octanol–water partition coefficient (Wildman–Crippen LogP) is 1.72. The first kappa shape index (κ1) is 19.3. The highest BCUT2D eigenvalue weighted by molar-refractivity contribution is 6.31. The monoisotopic (exact) mass is 379 g/mol. The third-order valence-corrected chi connectivity index (χ3v) is 4.49. The average molecular weight is 380 g/mol. The van der Waals surface area contributed by atoms with Gasteiger partial charge in [-0.15, -0.1) is 0 Å². The molecule has 1 aromatic carbocycles. The third kappa shape index (κ3) is 3.98. The van der Waals surface area contributed by atoms with Gasteiger partial charge in [0.1, 0.15) is 5.82 Å². The zero-order valence-electron chi connectivity index (χ0n) is 13.3. The highest BCUT2D eigenvalue weighted by atomic mass is 35.5. The van der Waals surface area contributed by atoms with Gasteiger partial charge in [-0.2, -0.15) is 0 Å². The summed E-state index contributed by atoms with van der Waals surface area (Å²) in [5.74, 6) is -2.75. The van der Waals surface area contributed by atoms with Crippen molar-refractivity contribution in [3.05, 3.63) is 34.6 Å². The van der Waals surface area contributed by atoms with Crippen molar-refractivity contribution in [2.45, 2.75) is 17.9 Å². The average Bonchev–Trinajstić information content (AvgIpc) is 2.48.